The molecule has 0 bridgehead atoms. The zero-order valence-corrected chi connectivity index (χ0v) is 15.1. The van der Waals surface area contributed by atoms with Crippen molar-refractivity contribution >= 4 is 32.9 Å². The normalized spacial score (nSPS) is 11.3. The molecule has 0 amide bonds. The van der Waals surface area contributed by atoms with Crippen molar-refractivity contribution in [2.24, 2.45) is 0 Å². The lowest BCUT2D eigenvalue weighted by Gasteiger charge is -2.03. The van der Waals surface area contributed by atoms with E-state index in [1.807, 2.05) is 17.5 Å². The lowest BCUT2D eigenvalue weighted by molar-refractivity contribution is 0.612. The van der Waals surface area contributed by atoms with Crippen LogP contribution < -0.4 is 5.56 Å². The Morgan fingerprint density at radius 1 is 1.20 bits per heavy atom. The molecule has 126 valence electrons. The maximum Gasteiger partial charge on any atom is 0.260 e. The smallest absolute Gasteiger partial charge is 0.260 e. The molecule has 0 aliphatic rings. The number of aromatic nitrogens is 2. The molecule has 0 fully saturated rings. The number of nitrogens with zero attached hydrogens (tertiary/aromatic N) is 1. The number of aryl methyl sites for hydroxylation is 1. The quantitative estimate of drug-likeness (QED) is 0.549. The Morgan fingerprint density at radius 3 is 2.76 bits per heavy atom. The van der Waals surface area contributed by atoms with Gasteiger partial charge in [0.15, 0.2) is 0 Å². The molecule has 0 aliphatic heterocycles. The molecule has 4 rings (SSSR count). The maximum absolute atomic E-state index is 13.9. The predicted octanol–water partition coefficient (Wildman–Crippen LogP) is 5.01. The van der Waals surface area contributed by atoms with Crippen molar-refractivity contribution in [2.75, 3.05) is 0 Å². The van der Waals surface area contributed by atoms with Gasteiger partial charge in [-0.25, -0.2) is 9.37 Å². The third kappa shape index (κ3) is 2.92. The Kier molecular flexibility index (Phi) is 4.23. The first-order valence-corrected chi connectivity index (χ1v) is 9.69. The molecular weight excluding hydrogens is 355 g/mol. The Morgan fingerprint density at radius 2 is 2.04 bits per heavy atom. The zero-order valence-electron chi connectivity index (χ0n) is 13.5. The van der Waals surface area contributed by atoms with E-state index >= 15 is 0 Å². The highest BCUT2D eigenvalue weighted by Crippen LogP contribution is 2.38. The van der Waals surface area contributed by atoms with Gasteiger partial charge in [-0.05, 0) is 29.5 Å². The van der Waals surface area contributed by atoms with Crippen molar-refractivity contribution in [1.29, 1.82) is 0 Å². The number of nitrogens with one attached hydrogen (secondary N) is 1. The van der Waals surface area contributed by atoms with E-state index in [0.29, 0.717) is 16.8 Å². The van der Waals surface area contributed by atoms with E-state index in [1.165, 1.54) is 6.07 Å². The topological polar surface area (TPSA) is 45.8 Å². The van der Waals surface area contributed by atoms with Crippen LogP contribution in [0.3, 0.4) is 0 Å². The number of rotatable bonds is 4. The monoisotopic (exact) mass is 370 g/mol. The molecule has 3 heterocycles. The van der Waals surface area contributed by atoms with Crippen molar-refractivity contribution in [3.8, 4) is 10.4 Å². The summed E-state index contributed by atoms with van der Waals surface area (Å²) < 4.78 is 13.9. The Balaban J connectivity index is 1.86. The third-order valence-corrected chi connectivity index (χ3v) is 6.20. The molecule has 3 aromatic heterocycles. The third-order valence-electron chi connectivity index (χ3n) is 4.09. The lowest BCUT2D eigenvalue weighted by Crippen LogP contribution is -2.12. The molecule has 1 aromatic carbocycles. The predicted molar refractivity (Wildman–Crippen MR) is 102 cm³/mol. The molecule has 6 heteroatoms. The van der Waals surface area contributed by atoms with Gasteiger partial charge in [0.1, 0.15) is 16.5 Å². The van der Waals surface area contributed by atoms with Crippen molar-refractivity contribution in [3.05, 3.63) is 74.2 Å². The van der Waals surface area contributed by atoms with E-state index in [9.17, 15) is 9.18 Å². The summed E-state index contributed by atoms with van der Waals surface area (Å²) in [7, 11) is 0. The molecule has 25 heavy (non-hydrogen) atoms. The Bertz CT molecular complexity index is 1100. The summed E-state index contributed by atoms with van der Waals surface area (Å²) in [6.07, 6.45) is 1.11. The fraction of sp³-hybridized carbons (Fsp3) is 0.158. The Labute approximate surface area is 151 Å². The highest BCUT2D eigenvalue weighted by Gasteiger charge is 2.19. The fourth-order valence-corrected chi connectivity index (χ4v) is 4.95. The van der Waals surface area contributed by atoms with Crippen LogP contribution in [0.5, 0.6) is 0 Å². The van der Waals surface area contributed by atoms with E-state index < -0.39 is 0 Å². The van der Waals surface area contributed by atoms with E-state index in [4.69, 9.17) is 0 Å². The molecule has 0 spiro atoms. The van der Waals surface area contributed by atoms with Gasteiger partial charge in [-0.1, -0.05) is 31.2 Å². The molecule has 0 aliphatic carbocycles. The standard InChI is InChI=1S/C19H15FN2OS2/c1-2-13-16(14-8-5-9-24-14)17-18(23)21-15(22-19(17)25-13)10-11-6-3-4-7-12(11)20/h3-9H,2,10H2,1H3,(H,21,22,23). The maximum atomic E-state index is 13.9. The molecule has 0 unspecified atom stereocenters. The van der Waals surface area contributed by atoms with Gasteiger partial charge in [0, 0.05) is 21.7 Å². The van der Waals surface area contributed by atoms with Gasteiger partial charge in [0.2, 0.25) is 0 Å². The summed E-state index contributed by atoms with van der Waals surface area (Å²) in [5.41, 5.74) is 1.36. The van der Waals surface area contributed by atoms with Crippen LogP contribution in [0.25, 0.3) is 20.7 Å². The van der Waals surface area contributed by atoms with Gasteiger partial charge in [0.25, 0.3) is 5.56 Å². The summed E-state index contributed by atoms with van der Waals surface area (Å²) in [5, 5.41) is 2.65. The first-order valence-electron chi connectivity index (χ1n) is 7.99. The van der Waals surface area contributed by atoms with Crippen LogP contribution in [0.4, 0.5) is 4.39 Å². The minimum Gasteiger partial charge on any atom is -0.310 e. The zero-order chi connectivity index (χ0) is 17.4. The number of H-pyrrole nitrogens is 1. The summed E-state index contributed by atoms with van der Waals surface area (Å²) in [6.45, 7) is 2.08. The average Bonchev–Trinajstić information content (AvgIpc) is 3.23. The molecular formula is C19H15FN2OS2. The fourth-order valence-electron chi connectivity index (χ4n) is 2.93. The molecule has 0 radical (unpaired) electrons. The largest absolute Gasteiger partial charge is 0.310 e. The van der Waals surface area contributed by atoms with Gasteiger partial charge >= 0.3 is 0 Å². The summed E-state index contributed by atoms with van der Waals surface area (Å²) >= 11 is 3.17. The molecule has 4 aromatic rings. The second kappa shape index (κ2) is 6.54. The number of benzene rings is 1. The van der Waals surface area contributed by atoms with Crippen LogP contribution in [0.2, 0.25) is 0 Å². The molecule has 0 atom stereocenters. The minimum absolute atomic E-state index is 0.157. The number of hydrogen-bond acceptors (Lipinski definition) is 4. The van der Waals surface area contributed by atoms with Crippen molar-refractivity contribution in [3.63, 3.8) is 0 Å². The van der Waals surface area contributed by atoms with Gasteiger partial charge < -0.3 is 4.98 Å². The summed E-state index contributed by atoms with van der Waals surface area (Å²) in [5.74, 6) is 0.203. The van der Waals surface area contributed by atoms with Crippen LogP contribution in [0.15, 0.2) is 46.6 Å². The van der Waals surface area contributed by atoms with E-state index in [-0.39, 0.29) is 17.8 Å². The number of thiophene rings is 2. The first-order chi connectivity index (χ1) is 12.2. The second-order valence-corrected chi connectivity index (χ2v) is 7.72. The highest BCUT2D eigenvalue weighted by molar-refractivity contribution is 7.20. The number of fused-ring (bicyclic) bond motifs is 1. The minimum atomic E-state index is -0.287. The van der Waals surface area contributed by atoms with Crippen molar-refractivity contribution in [2.45, 2.75) is 19.8 Å². The average molecular weight is 370 g/mol. The molecule has 0 saturated heterocycles. The van der Waals surface area contributed by atoms with E-state index in [1.54, 1.807) is 40.9 Å². The number of halogens is 1. The molecule has 0 saturated carbocycles. The van der Waals surface area contributed by atoms with Gasteiger partial charge in [-0.3, -0.25) is 4.79 Å². The lowest BCUT2D eigenvalue weighted by atomic mass is 10.1. The highest BCUT2D eigenvalue weighted by atomic mass is 32.1. The summed E-state index contributed by atoms with van der Waals surface area (Å²) in [4.78, 5) is 23.1. The number of hydrogen-bond donors (Lipinski definition) is 1. The van der Waals surface area contributed by atoms with Crippen LogP contribution in [-0.2, 0) is 12.8 Å². The van der Waals surface area contributed by atoms with Crippen LogP contribution in [0, 0.1) is 5.82 Å². The molecule has 1 N–H and O–H groups in total. The summed E-state index contributed by atoms with van der Waals surface area (Å²) in [6, 6.07) is 10.6. The van der Waals surface area contributed by atoms with Crippen molar-refractivity contribution in [1.82, 2.24) is 9.97 Å². The second-order valence-electron chi connectivity index (χ2n) is 5.69. The van der Waals surface area contributed by atoms with Crippen LogP contribution in [0.1, 0.15) is 23.2 Å². The first kappa shape index (κ1) is 16.2. The Hall–Kier alpha value is -2.31. The van der Waals surface area contributed by atoms with Crippen LogP contribution >= 0.6 is 22.7 Å². The van der Waals surface area contributed by atoms with E-state index in [2.05, 4.69) is 16.9 Å². The molecule has 3 nitrogen and oxygen atoms in total. The van der Waals surface area contributed by atoms with Crippen LogP contribution in [-0.4, -0.2) is 9.97 Å². The number of aromatic amines is 1. The van der Waals surface area contributed by atoms with Gasteiger partial charge in [-0.2, -0.15) is 0 Å². The van der Waals surface area contributed by atoms with E-state index in [0.717, 1.165) is 26.6 Å². The van der Waals surface area contributed by atoms with Gasteiger partial charge in [0.05, 0.1) is 5.39 Å². The van der Waals surface area contributed by atoms with Gasteiger partial charge in [-0.15, -0.1) is 22.7 Å². The van der Waals surface area contributed by atoms with Crippen molar-refractivity contribution < 1.29 is 4.39 Å². The SMILES string of the molecule is CCc1sc2nc(Cc3ccccc3F)[nH]c(=O)c2c1-c1cccs1.